The molecule has 0 saturated heterocycles. The van der Waals surface area contributed by atoms with E-state index in [0.29, 0.717) is 16.9 Å². The van der Waals surface area contributed by atoms with Gasteiger partial charge in [0.05, 0.1) is 6.61 Å². The molecule has 6 heteroatoms. The Bertz CT molecular complexity index is 869. The molecule has 0 radical (unpaired) electrons. The fourth-order valence-electron chi connectivity index (χ4n) is 3.57. The van der Waals surface area contributed by atoms with Crippen LogP contribution in [0.4, 0.5) is 5.69 Å². The molecule has 0 amide bonds. The molecule has 0 spiro atoms. The standard InChI is InChI=1S/C20H22BrNO4/c1-2-25-19(23)16-15(13-10-6-7-11-14(13)21)17(22)20(24)26-18(16)12-8-4-3-5-9-12/h6-7,10-12H,2-5,8-9,22H2,1H3. The Morgan fingerprint density at radius 1 is 1.27 bits per heavy atom. The van der Waals surface area contributed by atoms with Crippen LogP contribution in [0.2, 0.25) is 0 Å². The molecule has 1 fully saturated rings. The van der Waals surface area contributed by atoms with Gasteiger partial charge in [0.15, 0.2) is 0 Å². The van der Waals surface area contributed by atoms with Crippen molar-refractivity contribution in [3.63, 3.8) is 0 Å². The summed E-state index contributed by atoms with van der Waals surface area (Å²) in [5.74, 6) is -0.0694. The van der Waals surface area contributed by atoms with Crippen molar-refractivity contribution < 1.29 is 13.9 Å². The van der Waals surface area contributed by atoms with Gasteiger partial charge in [-0.1, -0.05) is 53.4 Å². The zero-order valence-corrected chi connectivity index (χ0v) is 16.3. The molecule has 1 aliphatic carbocycles. The number of esters is 1. The van der Waals surface area contributed by atoms with Crippen molar-refractivity contribution in [1.82, 2.24) is 0 Å². The Hall–Kier alpha value is -2.08. The van der Waals surface area contributed by atoms with Crippen molar-refractivity contribution in [3.05, 3.63) is 50.5 Å². The van der Waals surface area contributed by atoms with E-state index in [4.69, 9.17) is 14.9 Å². The first-order chi connectivity index (χ1) is 12.5. The molecule has 0 bridgehead atoms. The number of nitrogens with two attached hydrogens (primary N) is 1. The first-order valence-corrected chi connectivity index (χ1v) is 9.72. The van der Waals surface area contributed by atoms with Crippen LogP contribution in [0.15, 0.2) is 37.9 Å². The molecule has 1 aromatic carbocycles. The van der Waals surface area contributed by atoms with Crippen molar-refractivity contribution in [2.24, 2.45) is 0 Å². The fourth-order valence-corrected chi connectivity index (χ4v) is 4.05. The number of carbonyl (C=O) groups excluding carboxylic acids is 1. The predicted octanol–water partition coefficient (Wildman–Crippen LogP) is 4.88. The third kappa shape index (κ3) is 3.56. The highest BCUT2D eigenvalue weighted by molar-refractivity contribution is 9.10. The maximum Gasteiger partial charge on any atom is 0.359 e. The second kappa shape index (κ2) is 8.08. The minimum atomic E-state index is -0.607. The zero-order chi connectivity index (χ0) is 18.7. The molecule has 2 aromatic rings. The van der Waals surface area contributed by atoms with Gasteiger partial charge in [0.2, 0.25) is 0 Å². The number of benzene rings is 1. The number of rotatable bonds is 4. The molecular formula is C20H22BrNO4. The van der Waals surface area contributed by atoms with Gasteiger partial charge in [0.25, 0.3) is 0 Å². The van der Waals surface area contributed by atoms with Crippen LogP contribution in [-0.2, 0) is 4.74 Å². The summed E-state index contributed by atoms with van der Waals surface area (Å²) in [7, 11) is 0. The first kappa shape index (κ1) is 18.7. The maximum atomic E-state index is 12.8. The van der Waals surface area contributed by atoms with Gasteiger partial charge in [-0.2, -0.15) is 0 Å². The minimum absolute atomic E-state index is 0.0256. The van der Waals surface area contributed by atoms with Crippen molar-refractivity contribution in [2.45, 2.75) is 44.9 Å². The quantitative estimate of drug-likeness (QED) is 0.714. The average molecular weight is 420 g/mol. The normalized spacial score (nSPS) is 15.0. The van der Waals surface area contributed by atoms with E-state index in [2.05, 4.69) is 15.9 Å². The highest BCUT2D eigenvalue weighted by Crippen LogP contribution is 2.41. The first-order valence-electron chi connectivity index (χ1n) is 8.93. The van der Waals surface area contributed by atoms with Crippen LogP contribution < -0.4 is 11.4 Å². The van der Waals surface area contributed by atoms with E-state index in [1.54, 1.807) is 6.92 Å². The molecule has 5 nitrogen and oxygen atoms in total. The summed E-state index contributed by atoms with van der Waals surface area (Å²) in [4.78, 5) is 25.3. The van der Waals surface area contributed by atoms with Gasteiger partial charge in [-0.25, -0.2) is 9.59 Å². The Morgan fingerprint density at radius 2 is 1.96 bits per heavy atom. The average Bonchev–Trinajstić information content (AvgIpc) is 2.65. The van der Waals surface area contributed by atoms with Gasteiger partial charge in [0.1, 0.15) is 17.0 Å². The van der Waals surface area contributed by atoms with Crippen LogP contribution in [0.25, 0.3) is 11.1 Å². The number of nitrogen functional groups attached to an aromatic ring is 1. The third-order valence-corrected chi connectivity index (χ3v) is 5.48. The van der Waals surface area contributed by atoms with Gasteiger partial charge in [0, 0.05) is 16.0 Å². The molecular weight excluding hydrogens is 398 g/mol. The number of halogens is 1. The second-order valence-electron chi connectivity index (χ2n) is 6.45. The monoisotopic (exact) mass is 419 g/mol. The summed E-state index contributed by atoms with van der Waals surface area (Å²) in [6.07, 6.45) is 5.02. The summed E-state index contributed by atoms with van der Waals surface area (Å²) >= 11 is 3.49. The van der Waals surface area contributed by atoms with Crippen molar-refractivity contribution in [3.8, 4) is 11.1 Å². The van der Waals surface area contributed by atoms with E-state index in [1.807, 2.05) is 24.3 Å². The molecule has 26 heavy (non-hydrogen) atoms. The fraction of sp³-hybridized carbons (Fsp3) is 0.400. The summed E-state index contributed by atoms with van der Waals surface area (Å²) in [6.45, 7) is 1.98. The Labute approximate surface area is 160 Å². The topological polar surface area (TPSA) is 82.5 Å². The highest BCUT2D eigenvalue weighted by atomic mass is 79.9. The lowest BCUT2D eigenvalue weighted by Gasteiger charge is -2.24. The smallest absolute Gasteiger partial charge is 0.359 e. The van der Waals surface area contributed by atoms with E-state index < -0.39 is 11.6 Å². The second-order valence-corrected chi connectivity index (χ2v) is 7.31. The Kier molecular flexibility index (Phi) is 5.81. The van der Waals surface area contributed by atoms with E-state index in [1.165, 1.54) is 0 Å². The molecule has 0 atom stereocenters. The minimum Gasteiger partial charge on any atom is -0.462 e. The van der Waals surface area contributed by atoms with Crippen LogP contribution in [-0.4, -0.2) is 12.6 Å². The number of carbonyl (C=O) groups is 1. The molecule has 1 saturated carbocycles. The molecule has 1 heterocycles. The molecule has 3 rings (SSSR count). The van der Waals surface area contributed by atoms with E-state index in [9.17, 15) is 9.59 Å². The van der Waals surface area contributed by atoms with Crippen LogP contribution in [0, 0.1) is 0 Å². The lowest BCUT2D eigenvalue weighted by Crippen LogP contribution is -2.21. The Balaban J connectivity index is 2.30. The number of ether oxygens (including phenoxy) is 1. The lowest BCUT2D eigenvalue weighted by molar-refractivity contribution is 0.0520. The third-order valence-electron chi connectivity index (χ3n) is 4.79. The number of anilines is 1. The maximum absolute atomic E-state index is 12.8. The summed E-state index contributed by atoms with van der Waals surface area (Å²) < 4.78 is 11.6. The number of hydrogen-bond donors (Lipinski definition) is 1. The summed E-state index contributed by atoms with van der Waals surface area (Å²) in [6, 6.07) is 7.37. The lowest BCUT2D eigenvalue weighted by atomic mass is 9.84. The van der Waals surface area contributed by atoms with Crippen molar-refractivity contribution >= 4 is 27.6 Å². The van der Waals surface area contributed by atoms with Gasteiger partial charge >= 0.3 is 11.6 Å². The predicted molar refractivity (Wildman–Crippen MR) is 104 cm³/mol. The Morgan fingerprint density at radius 3 is 2.62 bits per heavy atom. The van der Waals surface area contributed by atoms with Crippen LogP contribution in [0.5, 0.6) is 0 Å². The SMILES string of the molecule is CCOC(=O)c1c(C2CCCCC2)oc(=O)c(N)c1-c1ccccc1Br. The molecule has 0 aliphatic heterocycles. The molecule has 1 aliphatic rings. The molecule has 2 N–H and O–H groups in total. The highest BCUT2D eigenvalue weighted by Gasteiger charge is 2.31. The molecule has 0 unspecified atom stereocenters. The van der Waals surface area contributed by atoms with Gasteiger partial charge in [-0.05, 0) is 31.4 Å². The van der Waals surface area contributed by atoms with E-state index in [0.717, 1.165) is 36.6 Å². The number of hydrogen-bond acceptors (Lipinski definition) is 5. The summed E-state index contributed by atoms with van der Waals surface area (Å²) in [5, 5.41) is 0. The zero-order valence-electron chi connectivity index (χ0n) is 14.7. The van der Waals surface area contributed by atoms with Gasteiger partial charge in [-0.3, -0.25) is 0 Å². The van der Waals surface area contributed by atoms with Crippen LogP contribution in [0.3, 0.4) is 0 Å². The van der Waals surface area contributed by atoms with E-state index in [-0.39, 0.29) is 23.8 Å². The summed E-state index contributed by atoms with van der Waals surface area (Å²) in [5.41, 5.74) is 6.76. The largest absolute Gasteiger partial charge is 0.462 e. The van der Waals surface area contributed by atoms with Gasteiger partial charge in [-0.15, -0.1) is 0 Å². The van der Waals surface area contributed by atoms with Crippen LogP contribution in [0.1, 0.15) is 61.1 Å². The van der Waals surface area contributed by atoms with Crippen LogP contribution >= 0.6 is 15.9 Å². The van der Waals surface area contributed by atoms with Crippen molar-refractivity contribution in [2.75, 3.05) is 12.3 Å². The molecule has 138 valence electrons. The van der Waals surface area contributed by atoms with Gasteiger partial charge < -0.3 is 14.9 Å². The molecule has 1 aromatic heterocycles. The van der Waals surface area contributed by atoms with Crippen molar-refractivity contribution in [1.29, 1.82) is 0 Å². The van der Waals surface area contributed by atoms with E-state index >= 15 is 0 Å².